The Kier molecular flexibility index (Phi) is 8.25. The largest absolute Gasteiger partial charge is 0.483 e. The Morgan fingerprint density at radius 3 is 2.38 bits per heavy atom. The number of hydrogen-bond donors (Lipinski definition) is 1. The lowest BCUT2D eigenvalue weighted by Crippen LogP contribution is -2.50. The van der Waals surface area contributed by atoms with Crippen molar-refractivity contribution in [2.24, 2.45) is 0 Å². The molecule has 0 aliphatic heterocycles. The Morgan fingerprint density at radius 1 is 1.03 bits per heavy atom. The van der Waals surface area contributed by atoms with Crippen molar-refractivity contribution in [2.75, 3.05) is 13.2 Å². The van der Waals surface area contributed by atoms with E-state index in [4.69, 9.17) is 4.74 Å². The summed E-state index contributed by atoms with van der Waals surface area (Å²) in [7, 11) is 0. The van der Waals surface area contributed by atoms with Gasteiger partial charge in [-0.15, -0.1) is 0 Å². The van der Waals surface area contributed by atoms with Gasteiger partial charge in [0, 0.05) is 13.1 Å². The quantitative estimate of drug-likeness (QED) is 0.699. The number of hydrogen-bond acceptors (Lipinski definition) is 3. The summed E-state index contributed by atoms with van der Waals surface area (Å²) in [6, 6.07) is 13.3. The first-order valence-electron chi connectivity index (χ1n) is 10.2. The molecule has 0 radical (unpaired) electrons. The topological polar surface area (TPSA) is 58.6 Å². The van der Waals surface area contributed by atoms with Crippen LogP contribution in [-0.2, 0) is 16.1 Å². The molecule has 2 aromatic rings. The fraction of sp³-hybridized carbons (Fsp3) is 0.417. The standard InChI is InChI=1S/C24H32N2O3/c1-6-21(24(28)25-7-2)26(15-20-10-8-9-17(3)14-20)23(27)16-29-22-12-11-18(4)13-19(22)5/h8-14,21H,6-7,15-16H2,1-5H3,(H,25,28). The molecule has 1 atom stereocenters. The number of likely N-dealkylation sites (N-methyl/N-ethyl adjacent to an activating group) is 1. The van der Waals surface area contributed by atoms with Gasteiger partial charge in [0.25, 0.3) is 5.91 Å². The van der Waals surface area contributed by atoms with Crippen LogP contribution >= 0.6 is 0 Å². The maximum atomic E-state index is 13.1. The summed E-state index contributed by atoms with van der Waals surface area (Å²) < 4.78 is 5.81. The van der Waals surface area contributed by atoms with Gasteiger partial charge < -0.3 is 15.0 Å². The zero-order valence-electron chi connectivity index (χ0n) is 18.1. The Morgan fingerprint density at radius 2 is 1.76 bits per heavy atom. The number of carbonyl (C=O) groups is 2. The van der Waals surface area contributed by atoms with E-state index in [1.54, 1.807) is 4.90 Å². The lowest BCUT2D eigenvalue weighted by atomic mass is 10.1. The molecule has 5 heteroatoms. The molecule has 0 saturated carbocycles. The van der Waals surface area contributed by atoms with Crippen LogP contribution in [0.15, 0.2) is 42.5 Å². The van der Waals surface area contributed by atoms with Crippen LogP contribution in [-0.4, -0.2) is 35.9 Å². The minimum absolute atomic E-state index is 0.106. The van der Waals surface area contributed by atoms with Crippen molar-refractivity contribution >= 4 is 11.8 Å². The van der Waals surface area contributed by atoms with Crippen molar-refractivity contribution in [3.8, 4) is 5.75 Å². The van der Waals surface area contributed by atoms with Crippen molar-refractivity contribution in [2.45, 2.75) is 53.6 Å². The van der Waals surface area contributed by atoms with E-state index < -0.39 is 6.04 Å². The molecular weight excluding hydrogens is 364 g/mol. The molecule has 0 aliphatic carbocycles. The van der Waals surface area contributed by atoms with Gasteiger partial charge in [-0.3, -0.25) is 9.59 Å². The van der Waals surface area contributed by atoms with Gasteiger partial charge in [0.1, 0.15) is 11.8 Å². The molecule has 0 fully saturated rings. The highest BCUT2D eigenvalue weighted by Gasteiger charge is 2.28. The molecule has 1 unspecified atom stereocenters. The highest BCUT2D eigenvalue weighted by atomic mass is 16.5. The van der Waals surface area contributed by atoms with Crippen LogP contribution in [0.25, 0.3) is 0 Å². The normalized spacial score (nSPS) is 11.6. The monoisotopic (exact) mass is 396 g/mol. The van der Waals surface area contributed by atoms with Crippen molar-refractivity contribution in [3.63, 3.8) is 0 Å². The fourth-order valence-electron chi connectivity index (χ4n) is 3.40. The molecule has 0 saturated heterocycles. The molecule has 29 heavy (non-hydrogen) atoms. The SMILES string of the molecule is CCNC(=O)C(CC)N(Cc1cccc(C)c1)C(=O)COc1ccc(C)cc1C. The molecule has 0 bridgehead atoms. The van der Waals surface area contributed by atoms with Crippen molar-refractivity contribution in [3.05, 3.63) is 64.7 Å². The van der Waals surface area contributed by atoms with Crippen LogP contribution in [0.3, 0.4) is 0 Å². The maximum Gasteiger partial charge on any atom is 0.261 e. The summed E-state index contributed by atoms with van der Waals surface area (Å²) in [4.78, 5) is 27.3. The molecule has 0 heterocycles. The first-order chi connectivity index (χ1) is 13.8. The van der Waals surface area contributed by atoms with Crippen LogP contribution in [0.4, 0.5) is 0 Å². The molecule has 2 aromatic carbocycles. The number of carbonyl (C=O) groups excluding carboxylic acids is 2. The number of amides is 2. The van der Waals surface area contributed by atoms with Crippen LogP contribution < -0.4 is 10.1 Å². The van der Waals surface area contributed by atoms with E-state index in [9.17, 15) is 9.59 Å². The Hall–Kier alpha value is -2.82. The van der Waals surface area contributed by atoms with E-state index in [1.807, 2.05) is 77.1 Å². The number of rotatable bonds is 9. The highest BCUT2D eigenvalue weighted by Crippen LogP contribution is 2.20. The lowest BCUT2D eigenvalue weighted by Gasteiger charge is -2.30. The van der Waals surface area contributed by atoms with E-state index in [0.29, 0.717) is 25.3 Å². The summed E-state index contributed by atoms with van der Waals surface area (Å²) in [5.41, 5.74) is 4.24. The molecular formula is C24H32N2O3. The second kappa shape index (κ2) is 10.6. The first-order valence-corrected chi connectivity index (χ1v) is 10.2. The van der Waals surface area contributed by atoms with E-state index >= 15 is 0 Å². The van der Waals surface area contributed by atoms with Gasteiger partial charge in [-0.2, -0.15) is 0 Å². The van der Waals surface area contributed by atoms with Gasteiger partial charge in [0.05, 0.1) is 0 Å². The van der Waals surface area contributed by atoms with Gasteiger partial charge >= 0.3 is 0 Å². The average Bonchev–Trinajstić information content (AvgIpc) is 2.67. The number of aryl methyl sites for hydroxylation is 3. The second-order valence-electron chi connectivity index (χ2n) is 7.39. The average molecular weight is 397 g/mol. The molecule has 1 N–H and O–H groups in total. The number of benzene rings is 2. The van der Waals surface area contributed by atoms with Gasteiger partial charge in [0.2, 0.25) is 5.91 Å². The van der Waals surface area contributed by atoms with Crippen molar-refractivity contribution in [1.29, 1.82) is 0 Å². The third kappa shape index (κ3) is 6.34. The molecule has 0 aliphatic rings. The van der Waals surface area contributed by atoms with E-state index in [1.165, 1.54) is 0 Å². The number of nitrogens with one attached hydrogen (secondary N) is 1. The Balaban J connectivity index is 2.22. The number of ether oxygens (including phenoxy) is 1. The predicted molar refractivity (Wildman–Crippen MR) is 116 cm³/mol. The summed E-state index contributed by atoms with van der Waals surface area (Å²) >= 11 is 0. The van der Waals surface area contributed by atoms with Gasteiger partial charge in [0.15, 0.2) is 6.61 Å². The summed E-state index contributed by atoms with van der Waals surface area (Å²) in [5.74, 6) is 0.345. The Bertz CT molecular complexity index is 848. The van der Waals surface area contributed by atoms with E-state index in [0.717, 1.165) is 22.3 Å². The van der Waals surface area contributed by atoms with Crippen molar-refractivity contribution < 1.29 is 14.3 Å². The third-order valence-corrected chi connectivity index (χ3v) is 4.85. The van der Waals surface area contributed by atoms with E-state index in [2.05, 4.69) is 5.32 Å². The molecule has 5 nitrogen and oxygen atoms in total. The van der Waals surface area contributed by atoms with Crippen LogP contribution in [0.2, 0.25) is 0 Å². The predicted octanol–water partition coefficient (Wildman–Crippen LogP) is 3.93. The van der Waals surface area contributed by atoms with Gasteiger partial charge in [-0.05, 0) is 51.3 Å². The first kappa shape index (κ1) is 22.5. The minimum atomic E-state index is -0.536. The number of nitrogens with zero attached hydrogens (tertiary/aromatic N) is 1. The van der Waals surface area contributed by atoms with Crippen LogP contribution in [0.1, 0.15) is 42.5 Å². The van der Waals surface area contributed by atoms with Gasteiger partial charge in [-0.25, -0.2) is 0 Å². The summed E-state index contributed by atoms with van der Waals surface area (Å²) in [5, 5.41) is 2.84. The molecule has 156 valence electrons. The van der Waals surface area contributed by atoms with Crippen molar-refractivity contribution in [1.82, 2.24) is 10.2 Å². The molecule has 2 rings (SSSR count). The Labute approximate surface area is 174 Å². The summed E-state index contributed by atoms with van der Waals surface area (Å²) in [6.07, 6.45) is 0.535. The molecule has 0 spiro atoms. The molecule has 0 aromatic heterocycles. The van der Waals surface area contributed by atoms with Crippen LogP contribution in [0.5, 0.6) is 5.75 Å². The second-order valence-corrected chi connectivity index (χ2v) is 7.39. The fourth-order valence-corrected chi connectivity index (χ4v) is 3.40. The summed E-state index contributed by atoms with van der Waals surface area (Å²) in [6.45, 7) is 10.6. The minimum Gasteiger partial charge on any atom is -0.483 e. The smallest absolute Gasteiger partial charge is 0.261 e. The third-order valence-electron chi connectivity index (χ3n) is 4.85. The maximum absolute atomic E-state index is 13.1. The molecule has 2 amide bonds. The van der Waals surface area contributed by atoms with E-state index in [-0.39, 0.29) is 18.4 Å². The lowest BCUT2D eigenvalue weighted by molar-refractivity contribution is -0.142. The zero-order chi connectivity index (χ0) is 21.4. The van der Waals surface area contributed by atoms with Crippen LogP contribution in [0, 0.1) is 20.8 Å². The van der Waals surface area contributed by atoms with Gasteiger partial charge in [-0.1, -0.05) is 54.4 Å². The zero-order valence-corrected chi connectivity index (χ0v) is 18.1. The highest BCUT2D eigenvalue weighted by molar-refractivity contribution is 5.88.